The first-order chi connectivity index (χ1) is 11.5. The summed E-state index contributed by atoms with van der Waals surface area (Å²) >= 11 is 0. The molecule has 1 aliphatic rings. The Bertz CT molecular complexity index is 761. The van der Waals surface area contributed by atoms with Gasteiger partial charge in [-0.3, -0.25) is 23.5 Å². The summed E-state index contributed by atoms with van der Waals surface area (Å²) in [5, 5.41) is 2.88. The minimum atomic E-state index is -4.25. The topological polar surface area (TPSA) is 122 Å². The number of hydrogen-bond donors (Lipinski definition) is 1. The van der Waals surface area contributed by atoms with Crippen LogP contribution in [0.4, 0.5) is 11.4 Å². The molecule has 1 unspecified atom stereocenters. The van der Waals surface area contributed by atoms with Gasteiger partial charge in [0.05, 0.1) is 11.6 Å². The van der Waals surface area contributed by atoms with Crippen LogP contribution in [-0.2, 0) is 23.5 Å². The molecule has 25 heavy (non-hydrogen) atoms. The van der Waals surface area contributed by atoms with Gasteiger partial charge >= 0.3 is 13.6 Å². The summed E-state index contributed by atoms with van der Waals surface area (Å²) in [6, 6.07) is 0. The van der Waals surface area contributed by atoms with Crippen molar-refractivity contribution in [3.63, 3.8) is 0 Å². The Kier molecular flexibility index (Phi) is 5.71. The van der Waals surface area contributed by atoms with E-state index in [0.29, 0.717) is 19.5 Å². The van der Waals surface area contributed by atoms with E-state index in [2.05, 4.69) is 5.32 Å². The summed E-state index contributed by atoms with van der Waals surface area (Å²) in [7, 11) is -4.25. The van der Waals surface area contributed by atoms with Crippen LogP contribution in [0.5, 0.6) is 0 Å². The summed E-state index contributed by atoms with van der Waals surface area (Å²) in [5.74, 6) is -0.570. The van der Waals surface area contributed by atoms with Crippen LogP contribution in [0.2, 0.25) is 0 Å². The maximum absolute atomic E-state index is 11.9. The molecule has 2 rings (SSSR count). The van der Waals surface area contributed by atoms with E-state index in [0.717, 1.165) is 0 Å². The lowest BCUT2D eigenvalue weighted by molar-refractivity contribution is -0.160. The minimum absolute atomic E-state index is 0.0214. The molecule has 0 fully saturated rings. The van der Waals surface area contributed by atoms with Crippen molar-refractivity contribution in [2.24, 2.45) is 5.41 Å². The Balaban J connectivity index is 1.89. The number of ether oxygens (including phenoxy) is 1. The van der Waals surface area contributed by atoms with E-state index in [9.17, 15) is 23.8 Å². The number of anilines is 2. The largest absolute Gasteiger partial charge is 0.438 e. The van der Waals surface area contributed by atoms with Gasteiger partial charge in [0, 0.05) is 19.6 Å². The van der Waals surface area contributed by atoms with Crippen LogP contribution < -0.4 is 21.1 Å². The first-order valence-corrected chi connectivity index (χ1v) is 9.70. The zero-order valence-electron chi connectivity index (χ0n) is 14.5. The Morgan fingerprint density at radius 3 is 2.60 bits per heavy atom. The van der Waals surface area contributed by atoms with Crippen LogP contribution in [-0.4, -0.2) is 38.6 Å². The van der Waals surface area contributed by atoms with Crippen molar-refractivity contribution in [1.29, 1.82) is 0 Å². The molecule has 0 spiro atoms. The van der Waals surface area contributed by atoms with E-state index < -0.39 is 36.6 Å². The molecule has 10 heteroatoms. The van der Waals surface area contributed by atoms with Crippen molar-refractivity contribution in [2.45, 2.75) is 27.2 Å². The number of hydrogen-bond acceptors (Lipinski definition) is 8. The van der Waals surface area contributed by atoms with E-state index in [4.69, 9.17) is 9.26 Å². The van der Waals surface area contributed by atoms with Gasteiger partial charge in [0.15, 0.2) is 0 Å². The van der Waals surface area contributed by atoms with Crippen LogP contribution in [0.15, 0.2) is 9.59 Å². The lowest BCUT2D eigenvalue weighted by atomic mass is 9.98. The fourth-order valence-electron chi connectivity index (χ4n) is 2.35. The normalized spacial score (nSPS) is 17.4. The Morgan fingerprint density at radius 2 is 1.96 bits per heavy atom. The van der Waals surface area contributed by atoms with Crippen LogP contribution in [0.1, 0.15) is 27.2 Å². The molecule has 0 aliphatic carbocycles. The smallest absolute Gasteiger partial charge is 0.363 e. The predicted molar refractivity (Wildman–Crippen MR) is 91.3 cm³/mol. The summed E-state index contributed by atoms with van der Waals surface area (Å²) < 4.78 is 21.4. The standard InChI is InChI=1S/C15H22N2O7P/c1-15(2,3)14(20)23-9-24-25(21,22)8-7-17-6-4-5-16-10-11(17)13(19)12(10)18/h16H,4-9H2,1-3H3. The highest BCUT2D eigenvalue weighted by molar-refractivity contribution is 7.52. The minimum Gasteiger partial charge on any atom is -0.438 e. The predicted octanol–water partition coefficient (Wildman–Crippen LogP) is 1.09. The molecular weight excluding hydrogens is 351 g/mol. The quantitative estimate of drug-likeness (QED) is 0.340. The van der Waals surface area contributed by atoms with Gasteiger partial charge in [-0.25, -0.2) is 0 Å². The molecule has 1 atom stereocenters. The Hall–Kier alpha value is -1.70. The van der Waals surface area contributed by atoms with Crippen LogP contribution in [0, 0.1) is 5.41 Å². The average Bonchev–Trinajstić information content (AvgIpc) is 2.71. The molecular formula is C15H22N2O7P. The number of rotatable bonds is 6. The van der Waals surface area contributed by atoms with Crippen molar-refractivity contribution < 1.29 is 23.5 Å². The number of nitrogens with zero attached hydrogens (tertiary/aromatic N) is 1. The van der Waals surface area contributed by atoms with Gasteiger partial charge in [-0.05, 0) is 27.2 Å². The van der Waals surface area contributed by atoms with Gasteiger partial charge in [0.1, 0.15) is 11.4 Å². The maximum atomic E-state index is 11.9. The molecule has 139 valence electrons. The SMILES string of the molecule is CC(C)(C)C(=O)OCOP([O])(=O)CCN1CCCNc2c1c(=O)c2=O. The van der Waals surface area contributed by atoms with Crippen LogP contribution in [0.25, 0.3) is 0 Å². The highest BCUT2D eigenvalue weighted by Gasteiger charge is 2.31. The molecule has 1 heterocycles. The number of fused-ring (bicyclic) bond motifs is 1. The molecule has 0 amide bonds. The Morgan fingerprint density at radius 1 is 1.28 bits per heavy atom. The first-order valence-electron chi connectivity index (χ1n) is 7.97. The lowest BCUT2D eigenvalue weighted by Crippen LogP contribution is -2.42. The summed E-state index contributed by atoms with van der Waals surface area (Å²) in [6.07, 6.45) is 0.305. The lowest BCUT2D eigenvalue weighted by Gasteiger charge is -2.25. The zero-order valence-corrected chi connectivity index (χ0v) is 15.4. The molecule has 1 N–H and O–H groups in total. The van der Waals surface area contributed by atoms with Gasteiger partial charge in [0.2, 0.25) is 6.79 Å². The van der Waals surface area contributed by atoms with E-state index in [-0.39, 0.29) is 24.1 Å². The van der Waals surface area contributed by atoms with E-state index in [1.165, 1.54) is 0 Å². The molecule has 0 saturated heterocycles. The third-order valence-electron chi connectivity index (χ3n) is 3.80. The van der Waals surface area contributed by atoms with Crippen molar-refractivity contribution in [3.8, 4) is 0 Å². The maximum Gasteiger partial charge on any atom is 0.363 e. The van der Waals surface area contributed by atoms with Crippen molar-refractivity contribution >= 4 is 24.9 Å². The molecule has 9 nitrogen and oxygen atoms in total. The monoisotopic (exact) mass is 373 g/mol. The second-order valence-electron chi connectivity index (χ2n) is 6.91. The average molecular weight is 373 g/mol. The van der Waals surface area contributed by atoms with Gasteiger partial charge in [-0.2, -0.15) is 0 Å². The van der Waals surface area contributed by atoms with Crippen molar-refractivity contribution in [3.05, 3.63) is 20.4 Å². The number of carbonyl (C=O) groups excluding carboxylic acids is 1. The summed E-state index contributed by atoms with van der Waals surface area (Å²) in [6.45, 7) is 5.27. The van der Waals surface area contributed by atoms with E-state index in [1.54, 1.807) is 25.7 Å². The third-order valence-corrected chi connectivity index (χ3v) is 5.05. The van der Waals surface area contributed by atoms with Gasteiger partial charge in [-0.15, -0.1) is 4.89 Å². The van der Waals surface area contributed by atoms with Gasteiger partial charge < -0.3 is 15.0 Å². The molecule has 1 aromatic carbocycles. The molecule has 1 aromatic rings. The number of nitrogens with one attached hydrogen (secondary N) is 1. The van der Waals surface area contributed by atoms with Crippen LogP contribution >= 0.6 is 7.60 Å². The van der Waals surface area contributed by atoms with Crippen molar-refractivity contribution in [1.82, 2.24) is 0 Å². The highest BCUT2D eigenvalue weighted by atomic mass is 31.2. The molecule has 1 radical (unpaired) electrons. The van der Waals surface area contributed by atoms with Crippen molar-refractivity contribution in [2.75, 3.05) is 42.8 Å². The number of carbonyl (C=O) groups is 1. The summed E-state index contributed by atoms with van der Waals surface area (Å²) in [5.41, 5.74) is -1.44. The van der Waals surface area contributed by atoms with Gasteiger partial charge in [0.25, 0.3) is 10.9 Å². The molecule has 1 aliphatic heterocycles. The second kappa shape index (κ2) is 7.27. The van der Waals surface area contributed by atoms with E-state index in [1.807, 2.05) is 0 Å². The fraction of sp³-hybridized carbons (Fsp3) is 0.667. The van der Waals surface area contributed by atoms with Gasteiger partial charge in [-0.1, -0.05) is 0 Å². The Labute approximate surface area is 145 Å². The zero-order chi connectivity index (χ0) is 18.8. The summed E-state index contributed by atoms with van der Waals surface area (Å²) in [4.78, 5) is 48.3. The fourth-order valence-corrected chi connectivity index (χ4v) is 3.18. The molecule has 0 bridgehead atoms. The highest BCUT2D eigenvalue weighted by Crippen LogP contribution is 2.43. The van der Waals surface area contributed by atoms with E-state index >= 15 is 0 Å². The van der Waals surface area contributed by atoms with Crippen LogP contribution in [0.3, 0.4) is 0 Å². The second-order valence-corrected chi connectivity index (χ2v) is 8.84. The molecule has 0 aromatic heterocycles. The first kappa shape index (κ1) is 19.6. The molecule has 0 saturated carbocycles. The third kappa shape index (κ3) is 4.68. The number of esters is 1.